The molecule has 2 atom stereocenters. The normalized spacial score (nSPS) is 23.9. The first-order chi connectivity index (χ1) is 8.45. The van der Waals surface area contributed by atoms with Gasteiger partial charge in [-0.1, -0.05) is 0 Å². The van der Waals surface area contributed by atoms with E-state index in [4.69, 9.17) is 4.74 Å². The molecule has 0 aliphatic carbocycles. The molecule has 0 spiro atoms. The predicted molar refractivity (Wildman–Crippen MR) is 73.4 cm³/mol. The largest absolute Gasteiger partial charge is 0.377 e. The van der Waals surface area contributed by atoms with E-state index in [2.05, 4.69) is 37.2 Å². The van der Waals surface area contributed by atoms with Crippen molar-refractivity contribution in [3.05, 3.63) is 0 Å². The fraction of sp³-hybridized carbons (Fsp3) is 0.929. The fourth-order valence-electron chi connectivity index (χ4n) is 2.65. The van der Waals surface area contributed by atoms with Crippen molar-refractivity contribution in [1.82, 2.24) is 10.2 Å². The van der Waals surface area contributed by atoms with Crippen molar-refractivity contribution in [1.29, 1.82) is 5.26 Å². The molecule has 0 aromatic rings. The highest BCUT2D eigenvalue weighted by Crippen LogP contribution is 2.14. The highest BCUT2D eigenvalue weighted by Gasteiger charge is 2.27. The summed E-state index contributed by atoms with van der Waals surface area (Å²) in [6.07, 6.45) is 3.93. The van der Waals surface area contributed by atoms with Gasteiger partial charge < -0.3 is 9.64 Å². The maximum absolute atomic E-state index is 9.32. The molecule has 1 heterocycles. The minimum Gasteiger partial charge on any atom is -0.377 e. The van der Waals surface area contributed by atoms with Gasteiger partial charge in [0.2, 0.25) is 0 Å². The Morgan fingerprint density at radius 1 is 1.50 bits per heavy atom. The molecule has 0 radical (unpaired) electrons. The van der Waals surface area contributed by atoms with E-state index in [-0.39, 0.29) is 0 Å². The molecule has 0 aromatic carbocycles. The molecule has 2 unspecified atom stereocenters. The summed E-state index contributed by atoms with van der Waals surface area (Å²) >= 11 is 0. The molecular formula is C14H27N3O. The molecule has 18 heavy (non-hydrogen) atoms. The predicted octanol–water partition coefficient (Wildman–Crippen LogP) is 1.77. The molecule has 1 aliphatic heterocycles. The Bertz CT molecular complexity index is 281. The van der Waals surface area contributed by atoms with Gasteiger partial charge in [-0.15, -0.1) is 0 Å². The zero-order valence-corrected chi connectivity index (χ0v) is 12.2. The van der Waals surface area contributed by atoms with Crippen molar-refractivity contribution < 1.29 is 4.74 Å². The third kappa shape index (κ3) is 5.34. The Kier molecular flexibility index (Phi) is 6.07. The second-order valence-electron chi connectivity index (χ2n) is 5.93. The van der Waals surface area contributed by atoms with Crippen LogP contribution in [0.5, 0.6) is 0 Å². The van der Waals surface area contributed by atoms with Crippen LogP contribution in [0.3, 0.4) is 0 Å². The van der Waals surface area contributed by atoms with E-state index in [1.54, 1.807) is 0 Å². The number of ether oxygens (including phenoxy) is 1. The van der Waals surface area contributed by atoms with Crippen molar-refractivity contribution in [3.63, 3.8) is 0 Å². The van der Waals surface area contributed by atoms with Crippen LogP contribution in [0.25, 0.3) is 0 Å². The summed E-state index contributed by atoms with van der Waals surface area (Å²) < 4.78 is 5.73. The van der Waals surface area contributed by atoms with E-state index in [1.165, 1.54) is 12.8 Å². The van der Waals surface area contributed by atoms with Gasteiger partial charge in [0.15, 0.2) is 0 Å². The average Bonchev–Trinajstić information content (AvgIpc) is 2.28. The average molecular weight is 253 g/mol. The van der Waals surface area contributed by atoms with E-state index in [9.17, 15) is 5.26 Å². The van der Waals surface area contributed by atoms with Gasteiger partial charge in [-0.3, -0.25) is 5.32 Å². The van der Waals surface area contributed by atoms with Crippen molar-refractivity contribution in [2.45, 2.75) is 57.7 Å². The second kappa shape index (κ2) is 7.08. The minimum absolute atomic E-state index is 0.314. The Morgan fingerprint density at radius 2 is 2.22 bits per heavy atom. The van der Waals surface area contributed by atoms with Crippen LogP contribution < -0.4 is 5.32 Å². The smallest absolute Gasteiger partial charge is 0.116 e. The Hall–Kier alpha value is -0.630. The zero-order valence-electron chi connectivity index (χ0n) is 12.2. The standard InChI is InChI=1S/C14H27N3O/c1-12(2)16-14(3,10-15)11-17(4)9-13-7-5-6-8-18-13/h12-13,16H,5-9,11H2,1-4H3. The van der Waals surface area contributed by atoms with Gasteiger partial charge in [-0.25, -0.2) is 0 Å². The SMILES string of the molecule is CC(C)NC(C)(C#N)CN(C)CC1CCCCO1. The fourth-order valence-corrected chi connectivity index (χ4v) is 2.65. The lowest BCUT2D eigenvalue weighted by Gasteiger charge is -2.33. The first-order valence-corrected chi connectivity index (χ1v) is 6.94. The highest BCUT2D eigenvalue weighted by atomic mass is 16.5. The van der Waals surface area contributed by atoms with Crippen molar-refractivity contribution in [2.24, 2.45) is 0 Å². The van der Waals surface area contributed by atoms with Gasteiger partial charge in [0.1, 0.15) is 5.54 Å². The highest BCUT2D eigenvalue weighted by molar-refractivity contribution is 5.06. The first-order valence-electron chi connectivity index (χ1n) is 6.94. The lowest BCUT2D eigenvalue weighted by molar-refractivity contribution is -0.00372. The zero-order chi connectivity index (χ0) is 13.6. The molecule has 1 aliphatic rings. The van der Waals surface area contributed by atoms with Crippen molar-refractivity contribution >= 4 is 0 Å². The van der Waals surface area contributed by atoms with Crippen LogP contribution in [0.15, 0.2) is 0 Å². The lowest BCUT2D eigenvalue weighted by atomic mass is 10.0. The third-order valence-corrected chi connectivity index (χ3v) is 3.23. The Labute approximate surface area is 111 Å². The number of nitrogens with one attached hydrogen (secondary N) is 1. The van der Waals surface area contributed by atoms with Crippen molar-refractivity contribution in [2.75, 3.05) is 26.7 Å². The van der Waals surface area contributed by atoms with Gasteiger partial charge in [0.25, 0.3) is 0 Å². The summed E-state index contributed by atoms with van der Waals surface area (Å²) in [5, 5.41) is 12.6. The lowest BCUT2D eigenvalue weighted by Crippen LogP contribution is -2.53. The summed E-state index contributed by atoms with van der Waals surface area (Å²) in [6, 6.07) is 2.70. The Morgan fingerprint density at radius 3 is 2.72 bits per heavy atom. The van der Waals surface area contributed by atoms with Crippen LogP contribution in [0, 0.1) is 11.3 Å². The van der Waals surface area contributed by atoms with Crippen LogP contribution >= 0.6 is 0 Å². The number of hydrogen-bond donors (Lipinski definition) is 1. The molecule has 1 saturated heterocycles. The van der Waals surface area contributed by atoms with Crippen LogP contribution in [0.1, 0.15) is 40.0 Å². The van der Waals surface area contributed by atoms with Crippen molar-refractivity contribution in [3.8, 4) is 6.07 Å². The molecule has 1 N–H and O–H groups in total. The summed E-state index contributed by atoms with van der Waals surface area (Å²) in [5.41, 5.74) is -0.489. The number of rotatable bonds is 6. The summed E-state index contributed by atoms with van der Waals surface area (Å²) in [5.74, 6) is 0. The summed E-state index contributed by atoms with van der Waals surface area (Å²) in [6.45, 7) is 8.63. The van der Waals surface area contributed by atoms with Gasteiger partial charge in [0.05, 0.1) is 12.2 Å². The van der Waals surface area contributed by atoms with Gasteiger partial charge >= 0.3 is 0 Å². The minimum atomic E-state index is -0.489. The van der Waals surface area contributed by atoms with Crippen LogP contribution in [-0.4, -0.2) is 49.3 Å². The molecule has 4 nitrogen and oxygen atoms in total. The summed E-state index contributed by atoms with van der Waals surface area (Å²) in [7, 11) is 2.07. The molecule has 0 saturated carbocycles. The first kappa shape index (κ1) is 15.4. The van der Waals surface area contributed by atoms with Gasteiger partial charge in [-0.2, -0.15) is 5.26 Å². The number of nitriles is 1. The van der Waals surface area contributed by atoms with Crippen LogP contribution in [0.4, 0.5) is 0 Å². The van der Waals surface area contributed by atoms with Crippen LogP contribution in [0.2, 0.25) is 0 Å². The molecular weight excluding hydrogens is 226 g/mol. The quantitative estimate of drug-likeness (QED) is 0.783. The second-order valence-corrected chi connectivity index (χ2v) is 5.93. The topological polar surface area (TPSA) is 48.3 Å². The number of likely N-dealkylation sites (N-methyl/N-ethyl adjacent to an activating group) is 1. The molecule has 0 amide bonds. The molecule has 104 valence electrons. The van der Waals surface area contributed by atoms with E-state index >= 15 is 0 Å². The van der Waals surface area contributed by atoms with Gasteiger partial charge in [0, 0.05) is 25.7 Å². The third-order valence-electron chi connectivity index (χ3n) is 3.23. The molecule has 4 heteroatoms. The van der Waals surface area contributed by atoms with E-state index in [1.807, 2.05) is 6.92 Å². The number of nitrogens with zero attached hydrogens (tertiary/aromatic N) is 2. The number of hydrogen-bond acceptors (Lipinski definition) is 4. The van der Waals surface area contributed by atoms with E-state index < -0.39 is 5.54 Å². The monoisotopic (exact) mass is 253 g/mol. The van der Waals surface area contributed by atoms with E-state index in [0.29, 0.717) is 12.1 Å². The molecule has 0 aromatic heterocycles. The molecule has 1 rings (SSSR count). The van der Waals surface area contributed by atoms with Crippen LogP contribution in [-0.2, 0) is 4.74 Å². The molecule has 0 bridgehead atoms. The van der Waals surface area contributed by atoms with Gasteiger partial charge in [-0.05, 0) is 47.1 Å². The van der Waals surface area contributed by atoms with E-state index in [0.717, 1.165) is 26.1 Å². The molecule has 1 fully saturated rings. The summed E-state index contributed by atoms with van der Waals surface area (Å²) in [4.78, 5) is 2.20. The maximum atomic E-state index is 9.32. The Balaban J connectivity index is 2.41. The maximum Gasteiger partial charge on any atom is 0.116 e.